The molecule has 0 atom stereocenters. The summed E-state index contributed by atoms with van der Waals surface area (Å²) >= 11 is 5.24. The lowest BCUT2D eigenvalue weighted by Gasteiger charge is -2.29. The molecule has 0 radical (unpaired) electrons. The summed E-state index contributed by atoms with van der Waals surface area (Å²) in [5, 5.41) is 17.5. The minimum atomic E-state index is -4.99. The van der Waals surface area contributed by atoms with Crippen molar-refractivity contribution in [1.82, 2.24) is 9.97 Å². The molecule has 1 amide bonds. The van der Waals surface area contributed by atoms with Crippen molar-refractivity contribution in [3.63, 3.8) is 0 Å². The lowest BCUT2D eigenvalue weighted by Crippen LogP contribution is -2.44. The number of benzene rings is 1. The monoisotopic (exact) mass is 453 g/mol. The van der Waals surface area contributed by atoms with E-state index in [1.165, 1.54) is 26.0 Å². The van der Waals surface area contributed by atoms with E-state index < -0.39 is 52.2 Å². The number of thiocarbonyl (C=S) groups is 1. The molecule has 0 saturated carbocycles. The van der Waals surface area contributed by atoms with Crippen LogP contribution in [0, 0.1) is 17.1 Å². The van der Waals surface area contributed by atoms with Crippen LogP contribution in [0.3, 0.4) is 0 Å². The van der Waals surface area contributed by atoms with Gasteiger partial charge >= 0.3 is 12.1 Å². The van der Waals surface area contributed by atoms with Crippen LogP contribution >= 0.6 is 12.2 Å². The number of halogens is 4. The van der Waals surface area contributed by atoms with Gasteiger partial charge in [-0.3, -0.25) is 4.79 Å². The molecule has 1 aliphatic rings. The van der Waals surface area contributed by atoms with E-state index in [4.69, 9.17) is 22.6 Å². The summed E-state index contributed by atoms with van der Waals surface area (Å²) in [7, 11) is 0. The number of carboxylic acid groups (broad SMARTS) is 1. The van der Waals surface area contributed by atoms with E-state index in [1.807, 2.05) is 0 Å². The van der Waals surface area contributed by atoms with Crippen LogP contribution in [0.4, 0.5) is 29.2 Å². The van der Waals surface area contributed by atoms with Crippen molar-refractivity contribution in [2.75, 3.05) is 9.80 Å². The normalized spacial score (nSPS) is 15.9. The first-order chi connectivity index (χ1) is 14.3. The lowest BCUT2D eigenvalue weighted by atomic mass is 10.0. The maximum absolute atomic E-state index is 14.2. The van der Waals surface area contributed by atoms with Crippen molar-refractivity contribution in [3.8, 4) is 6.07 Å². The summed E-state index contributed by atoms with van der Waals surface area (Å²) in [6.07, 6.45) is -4.36. The van der Waals surface area contributed by atoms with Crippen LogP contribution < -0.4 is 9.80 Å². The number of carboxylic acids is 1. The summed E-state index contributed by atoms with van der Waals surface area (Å²) in [4.78, 5) is 32.8. The van der Waals surface area contributed by atoms with Gasteiger partial charge < -0.3 is 10.0 Å². The summed E-state index contributed by atoms with van der Waals surface area (Å²) in [6, 6.07) is 4.35. The molecule has 1 N–H and O–H groups in total. The van der Waals surface area contributed by atoms with Crippen LogP contribution in [0.25, 0.3) is 0 Å². The largest absolute Gasteiger partial charge is 0.478 e. The molecule has 3 rings (SSSR count). The highest BCUT2D eigenvalue weighted by Crippen LogP contribution is 2.37. The molecule has 1 aliphatic heterocycles. The van der Waals surface area contributed by atoms with Crippen molar-refractivity contribution >= 4 is 40.8 Å². The number of hydrogen-bond donors (Lipinski definition) is 1. The number of nitriles is 1. The second-order valence-corrected chi connectivity index (χ2v) is 7.19. The number of aromatic nitrogens is 2. The first kappa shape index (κ1) is 22.0. The fourth-order valence-electron chi connectivity index (χ4n) is 3.00. The molecule has 160 valence electrons. The number of aromatic carboxylic acids is 1. The van der Waals surface area contributed by atoms with E-state index >= 15 is 0 Å². The zero-order chi connectivity index (χ0) is 23.3. The molecule has 0 spiro atoms. The quantitative estimate of drug-likeness (QED) is 0.558. The third kappa shape index (κ3) is 3.55. The van der Waals surface area contributed by atoms with Crippen molar-refractivity contribution in [1.29, 1.82) is 5.26 Å². The molecule has 1 aromatic heterocycles. The number of rotatable bonds is 3. The maximum atomic E-state index is 14.2. The molecule has 8 nitrogen and oxygen atoms in total. The highest BCUT2D eigenvalue weighted by atomic mass is 32.1. The van der Waals surface area contributed by atoms with E-state index in [9.17, 15) is 27.2 Å². The molecule has 2 heterocycles. The zero-order valence-corrected chi connectivity index (χ0v) is 16.5. The third-order valence-corrected chi connectivity index (χ3v) is 4.84. The van der Waals surface area contributed by atoms with E-state index in [-0.39, 0.29) is 10.8 Å². The Morgan fingerprint density at radius 3 is 2.48 bits per heavy atom. The summed E-state index contributed by atoms with van der Waals surface area (Å²) in [6.45, 7) is 2.78. The molecule has 0 bridgehead atoms. The van der Waals surface area contributed by atoms with Crippen LogP contribution in [0.5, 0.6) is 0 Å². The van der Waals surface area contributed by atoms with Gasteiger partial charge in [0.1, 0.15) is 23.0 Å². The van der Waals surface area contributed by atoms with Gasteiger partial charge in [-0.1, -0.05) is 0 Å². The SMILES string of the molecule is CC1(C)C(=O)N(c2ncc(C#N)c(C(F)(F)F)n2)C(=S)N1c1ccc(C(=O)O)c(F)c1. The van der Waals surface area contributed by atoms with E-state index in [0.717, 1.165) is 17.0 Å². The Balaban J connectivity index is 2.12. The highest BCUT2D eigenvalue weighted by Gasteiger charge is 2.52. The number of carbonyl (C=O) groups excluding carboxylic acids is 1. The van der Waals surface area contributed by atoms with Crippen molar-refractivity contribution < 1.29 is 32.3 Å². The summed E-state index contributed by atoms with van der Waals surface area (Å²) in [5.41, 5.74) is -4.48. The van der Waals surface area contributed by atoms with Gasteiger partial charge in [0.15, 0.2) is 10.8 Å². The topological polar surface area (TPSA) is 110 Å². The molecule has 31 heavy (non-hydrogen) atoms. The maximum Gasteiger partial charge on any atom is 0.434 e. The Bertz CT molecular complexity index is 1180. The Labute approximate surface area is 177 Å². The summed E-state index contributed by atoms with van der Waals surface area (Å²) < 4.78 is 54.0. The van der Waals surface area contributed by atoms with Gasteiger partial charge in [0.25, 0.3) is 5.91 Å². The lowest BCUT2D eigenvalue weighted by molar-refractivity contribution is -0.141. The summed E-state index contributed by atoms with van der Waals surface area (Å²) in [5.74, 6) is -4.11. The minimum absolute atomic E-state index is 0.00181. The number of amides is 1. The van der Waals surface area contributed by atoms with Gasteiger partial charge in [0.05, 0.1) is 11.8 Å². The van der Waals surface area contributed by atoms with Crippen molar-refractivity contribution in [3.05, 3.63) is 47.0 Å². The molecule has 0 unspecified atom stereocenters. The van der Waals surface area contributed by atoms with Crippen LogP contribution in [-0.2, 0) is 11.0 Å². The molecular formula is C18H11F4N5O3S. The molecule has 13 heteroatoms. The first-order valence-electron chi connectivity index (χ1n) is 8.36. The molecule has 1 saturated heterocycles. The Hall–Kier alpha value is -3.66. The highest BCUT2D eigenvalue weighted by molar-refractivity contribution is 7.81. The average molecular weight is 453 g/mol. The molecule has 1 aromatic carbocycles. The number of nitrogens with zero attached hydrogens (tertiary/aromatic N) is 5. The predicted octanol–water partition coefficient (Wildman–Crippen LogP) is 3.12. The molecular weight excluding hydrogens is 442 g/mol. The average Bonchev–Trinajstić information content (AvgIpc) is 2.84. The first-order valence-corrected chi connectivity index (χ1v) is 8.77. The van der Waals surface area contributed by atoms with E-state index in [1.54, 1.807) is 0 Å². The van der Waals surface area contributed by atoms with Crippen LogP contribution in [0.2, 0.25) is 0 Å². The van der Waals surface area contributed by atoms with Crippen LogP contribution in [0.15, 0.2) is 24.4 Å². The van der Waals surface area contributed by atoms with Gasteiger partial charge in [-0.25, -0.2) is 24.1 Å². The fraction of sp³-hybridized carbons (Fsp3) is 0.222. The Morgan fingerprint density at radius 2 is 1.97 bits per heavy atom. The molecule has 2 aromatic rings. The van der Waals surface area contributed by atoms with Gasteiger partial charge in [-0.15, -0.1) is 0 Å². The van der Waals surface area contributed by atoms with Crippen LogP contribution in [0.1, 0.15) is 35.5 Å². The van der Waals surface area contributed by atoms with Gasteiger partial charge in [-0.2, -0.15) is 18.4 Å². The van der Waals surface area contributed by atoms with E-state index in [0.29, 0.717) is 11.1 Å². The van der Waals surface area contributed by atoms with Gasteiger partial charge in [0.2, 0.25) is 5.95 Å². The number of carbonyl (C=O) groups is 2. The second-order valence-electron chi connectivity index (χ2n) is 6.83. The number of alkyl halides is 3. The fourth-order valence-corrected chi connectivity index (χ4v) is 3.50. The smallest absolute Gasteiger partial charge is 0.434 e. The second kappa shape index (κ2) is 7.24. The Morgan fingerprint density at radius 1 is 1.32 bits per heavy atom. The number of hydrogen-bond acceptors (Lipinski definition) is 6. The standard InChI is InChI=1S/C18H11F4N5O3S/c1-17(2)14(30)26(15-24-7-8(6-23)12(25-15)18(20,21)22)16(31)27(17)9-3-4-10(13(28)29)11(19)5-9/h3-5,7H,1-2H3,(H,28,29). The molecule has 0 aliphatic carbocycles. The molecule has 1 fully saturated rings. The third-order valence-electron chi connectivity index (χ3n) is 4.47. The number of anilines is 2. The van der Waals surface area contributed by atoms with Gasteiger partial charge in [0, 0.05) is 5.69 Å². The van der Waals surface area contributed by atoms with Gasteiger partial charge in [-0.05, 0) is 44.3 Å². The van der Waals surface area contributed by atoms with E-state index in [2.05, 4.69) is 9.97 Å². The minimum Gasteiger partial charge on any atom is -0.478 e. The zero-order valence-electron chi connectivity index (χ0n) is 15.7. The van der Waals surface area contributed by atoms with Crippen molar-refractivity contribution in [2.24, 2.45) is 0 Å². The van der Waals surface area contributed by atoms with Crippen molar-refractivity contribution in [2.45, 2.75) is 25.6 Å². The predicted molar refractivity (Wildman–Crippen MR) is 102 cm³/mol. The van der Waals surface area contributed by atoms with Crippen LogP contribution in [-0.4, -0.2) is 37.6 Å². The Kier molecular flexibility index (Phi) is 5.14.